The van der Waals surface area contributed by atoms with E-state index in [1.54, 1.807) is 0 Å². The topological polar surface area (TPSA) is 85.8 Å². The van der Waals surface area contributed by atoms with Gasteiger partial charge < -0.3 is 20.5 Å². The highest BCUT2D eigenvalue weighted by molar-refractivity contribution is 5.81. The summed E-state index contributed by atoms with van der Waals surface area (Å²) in [5.41, 5.74) is 2.91. The second-order valence-corrected chi connectivity index (χ2v) is 9.49. The van der Waals surface area contributed by atoms with Crippen molar-refractivity contribution < 1.29 is 33.2 Å². The number of carbonyl (C=O) groups is 2. The number of nitrogens with one attached hydrogen (secondary N) is 1. The number of aliphatic carboxylic acids is 1. The molecule has 0 saturated heterocycles. The van der Waals surface area contributed by atoms with Crippen LogP contribution in [0, 0.1) is 17.8 Å². The Balaban J connectivity index is 0.000000272. The first kappa shape index (κ1) is 21.2. The van der Waals surface area contributed by atoms with E-state index in [1.165, 1.54) is 49.7 Å². The van der Waals surface area contributed by atoms with Crippen LogP contribution in [0.15, 0.2) is 24.3 Å². The number of fused-ring (bicyclic) bond motifs is 1. The molecule has 4 saturated carbocycles. The molecule has 4 aliphatic carbocycles. The predicted molar refractivity (Wildman–Crippen MR) is 99.7 cm³/mol. The lowest BCUT2D eigenvalue weighted by Gasteiger charge is -2.57. The quantitative estimate of drug-likeness (QED) is 0.745. The molecule has 30 heavy (non-hydrogen) atoms. The van der Waals surface area contributed by atoms with Crippen molar-refractivity contribution in [2.45, 2.75) is 69.2 Å². The average molecular weight is 424 g/mol. The molecule has 164 valence electrons. The first-order valence-electron chi connectivity index (χ1n) is 10.6. The maximum Gasteiger partial charge on any atom is 0.430 e. The SMILES string of the molecule is O=C(NC12CC3CC(CC(C3)C1)C2)[C@H]1Cc2ccccc2C[NH2+]1.O=C([O-])C(F)(F)F. The monoisotopic (exact) mass is 424 g/mol. The van der Waals surface area contributed by atoms with Crippen molar-refractivity contribution in [3.05, 3.63) is 35.4 Å². The maximum atomic E-state index is 13.0. The molecule has 5 nitrogen and oxygen atoms in total. The minimum Gasteiger partial charge on any atom is -0.542 e. The standard InChI is InChI=1S/C20H26N2O.C2HF3O2/c23-19(18-8-16-3-1-2-4-17(16)12-21-18)22-20-9-13-5-14(10-20)7-15(6-13)11-20;3-2(4,5)1(6)7/h1-4,13-15,18,21H,5-12H2,(H,22,23);(H,6,7)/t13?,14?,15?,18-,20?;/m1./s1. The number of halogens is 3. The lowest BCUT2D eigenvalue weighted by atomic mass is 9.53. The number of quaternary nitrogens is 1. The molecule has 1 heterocycles. The van der Waals surface area contributed by atoms with E-state index in [1.807, 2.05) is 0 Å². The van der Waals surface area contributed by atoms with Crippen molar-refractivity contribution in [3.63, 3.8) is 0 Å². The normalized spacial score (nSPS) is 33.8. The number of benzene rings is 1. The number of hydrogen-bond acceptors (Lipinski definition) is 3. The highest BCUT2D eigenvalue weighted by Crippen LogP contribution is 2.55. The lowest BCUT2D eigenvalue weighted by Crippen LogP contribution is -2.93. The van der Waals surface area contributed by atoms with Gasteiger partial charge in [-0.3, -0.25) is 4.79 Å². The van der Waals surface area contributed by atoms with Gasteiger partial charge in [-0.2, -0.15) is 13.2 Å². The van der Waals surface area contributed by atoms with Crippen molar-refractivity contribution in [1.82, 2.24) is 5.32 Å². The number of carbonyl (C=O) groups excluding carboxylic acids is 2. The van der Waals surface area contributed by atoms with Gasteiger partial charge in [-0.05, 0) is 61.8 Å². The lowest BCUT2D eigenvalue weighted by molar-refractivity contribution is -0.695. The zero-order valence-corrected chi connectivity index (χ0v) is 16.7. The van der Waals surface area contributed by atoms with Crippen LogP contribution in [-0.4, -0.2) is 29.6 Å². The van der Waals surface area contributed by atoms with Gasteiger partial charge in [0.25, 0.3) is 5.91 Å². The molecule has 0 aromatic heterocycles. The summed E-state index contributed by atoms with van der Waals surface area (Å²) in [5, 5.41) is 14.6. The first-order valence-corrected chi connectivity index (χ1v) is 10.6. The summed E-state index contributed by atoms with van der Waals surface area (Å²) in [5.74, 6) is -0.0539. The Labute approximate surface area is 173 Å². The molecule has 4 bridgehead atoms. The second kappa shape index (κ2) is 7.87. The molecule has 5 aliphatic rings. The summed E-state index contributed by atoms with van der Waals surface area (Å²) in [6, 6.07) is 8.64. The molecule has 0 spiro atoms. The smallest absolute Gasteiger partial charge is 0.430 e. The van der Waals surface area contributed by atoms with Crippen LogP contribution in [0.25, 0.3) is 0 Å². The van der Waals surface area contributed by atoms with Crippen LogP contribution in [0.5, 0.6) is 0 Å². The third kappa shape index (κ3) is 4.48. The Morgan fingerprint density at radius 2 is 1.50 bits per heavy atom. The zero-order chi connectivity index (χ0) is 21.5. The third-order valence-electron chi connectivity index (χ3n) is 7.18. The van der Waals surface area contributed by atoms with Crippen molar-refractivity contribution >= 4 is 11.9 Å². The van der Waals surface area contributed by atoms with Crippen molar-refractivity contribution in [2.75, 3.05) is 0 Å². The fourth-order valence-corrected chi connectivity index (χ4v) is 6.36. The Bertz CT molecular complexity index is 789. The molecular weight excluding hydrogens is 397 g/mol. The summed E-state index contributed by atoms with van der Waals surface area (Å²) in [7, 11) is 0. The second-order valence-electron chi connectivity index (χ2n) is 9.49. The van der Waals surface area contributed by atoms with Crippen LogP contribution < -0.4 is 15.7 Å². The first-order chi connectivity index (χ1) is 14.1. The predicted octanol–water partition coefficient (Wildman–Crippen LogP) is 1.06. The summed E-state index contributed by atoms with van der Waals surface area (Å²) in [6.07, 6.45) is 3.71. The fourth-order valence-electron chi connectivity index (χ4n) is 6.36. The number of carboxylic acids is 1. The van der Waals surface area contributed by atoms with Crippen LogP contribution in [0.3, 0.4) is 0 Å². The number of rotatable bonds is 2. The summed E-state index contributed by atoms with van der Waals surface area (Å²) >= 11 is 0. The summed E-state index contributed by atoms with van der Waals surface area (Å²) in [4.78, 5) is 21.7. The van der Waals surface area contributed by atoms with Crippen LogP contribution in [-0.2, 0) is 22.6 Å². The number of amides is 1. The number of hydrogen-bond donors (Lipinski definition) is 2. The van der Waals surface area contributed by atoms with E-state index in [4.69, 9.17) is 9.90 Å². The molecule has 0 unspecified atom stereocenters. The molecule has 1 amide bonds. The molecule has 4 fully saturated rings. The maximum absolute atomic E-state index is 13.0. The van der Waals surface area contributed by atoms with Gasteiger partial charge in [0.2, 0.25) is 0 Å². The molecule has 1 atom stereocenters. The molecule has 3 N–H and O–H groups in total. The van der Waals surface area contributed by atoms with Crippen molar-refractivity contribution in [3.8, 4) is 0 Å². The van der Waals surface area contributed by atoms with E-state index in [0.29, 0.717) is 5.91 Å². The van der Waals surface area contributed by atoms with Gasteiger partial charge in [0, 0.05) is 17.5 Å². The molecule has 1 aromatic rings. The van der Waals surface area contributed by atoms with Crippen LogP contribution in [0.4, 0.5) is 13.2 Å². The van der Waals surface area contributed by atoms with Crippen LogP contribution in [0.2, 0.25) is 0 Å². The Morgan fingerprint density at radius 3 is 2.00 bits per heavy atom. The van der Waals surface area contributed by atoms with Crippen LogP contribution in [0.1, 0.15) is 49.7 Å². The van der Waals surface area contributed by atoms with Gasteiger partial charge in [-0.1, -0.05) is 24.3 Å². The van der Waals surface area contributed by atoms with E-state index in [0.717, 1.165) is 30.7 Å². The Morgan fingerprint density at radius 1 is 1.00 bits per heavy atom. The van der Waals surface area contributed by atoms with Gasteiger partial charge in [-0.15, -0.1) is 0 Å². The minimum absolute atomic E-state index is 0.0675. The van der Waals surface area contributed by atoms with E-state index < -0.39 is 12.1 Å². The molecule has 1 aromatic carbocycles. The Kier molecular flexibility index (Phi) is 5.55. The molecule has 1 aliphatic heterocycles. The average Bonchev–Trinajstić information content (AvgIpc) is 2.66. The largest absolute Gasteiger partial charge is 0.542 e. The molecule has 8 heteroatoms. The van der Waals surface area contributed by atoms with Gasteiger partial charge in [0.1, 0.15) is 12.5 Å². The number of nitrogens with two attached hydrogens (primary N) is 1. The van der Waals surface area contributed by atoms with Gasteiger partial charge in [0.05, 0.1) is 0 Å². The van der Waals surface area contributed by atoms with Crippen molar-refractivity contribution in [1.29, 1.82) is 0 Å². The molecule has 6 rings (SSSR count). The Hall–Kier alpha value is -2.09. The minimum atomic E-state index is -5.19. The molecule has 0 radical (unpaired) electrons. The highest BCUT2D eigenvalue weighted by atomic mass is 19.4. The summed E-state index contributed by atoms with van der Waals surface area (Å²) in [6.45, 7) is 0.940. The fraction of sp³-hybridized carbons (Fsp3) is 0.636. The van der Waals surface area contributed by atoms with Gasteiger partial charge >= 0.3 is 6.18 Å². The van der Waals surface area contributed by atoms with E-state index in [2.05, 4.69) is 34.9 Å². The zero-order valence-electron chi connectivity index (χ0n) is 16.7. The molecular formula is C22H27F3N2O3. The van der Waals surface area contributed by atoms with E-state index >= 15 is 0 Å². The number of carboxylic acid groups (broad SMARTS) is 1. The van der Waals surface area contributed by atoms with E-state index in [9.17, 15) is 18.0 Å². The van der Waals surface area contributed by atoms with Gasteiger partial charge in [-0.25, -0.2) is 0 Å². The summed E-state index contributed by atoms with van der Waals surface area (Å²) < 4.78 is 31.5. The van der Waals surface area contributed by atoms with Crippen molar-refractivity contribution in [2.24, 2.45) is 17.8 Å². The van der Waals surface area contributed by atoms with E-state index in [-0.39, 0.29) is 11.6 Å². The number of alkyl halides is 3. The highest BCUT2D eigenvalue weighted by Gasteiger charge is 2.52. The third-order valence-corrected chi connectivity index (χ3v) is 7.18. The van der Waals surface area contributed by atoms with Gasteiger partial charge in [0.15, 0.2) is 6.04 Å². The van der Waals surface area contributed by atoms with Crippen LogP contribution >= 0.6 is 0 Å².